The third-order valence-electron chi connectivity index (χ3n) is 3.09. The first-order chi connectivity index (χ1) is 8.99. The molecule has 1 aliphatic heterocycles. The van der Waals surface area contributed by atoms with Gasteiger partial charge in [0.05, 0.1) is 16.8 Å². The van der Waals surface area contributed by atoms with Gasteiger partial charge in [-0.2, -0.15) is 0 Å². The van der Waals surface area contributed by atoms with Crippen LogP contribution < -0.4 is 5.32 Å². The maximum atomic E-state index is 12.0. The monoisotopic (exact) mass is 300 g/mol. The number of rotatable bonds is 5. The van der Waals surface area contributed by atoms with Crippen LogP contribution in [0.25, 0.3) is 0 Å². The van der Waals surface area contributed by atoms with Gasteiger partial charge in [0.25, 0.3) is 0 Å². The maximum Gasteiger partial charge on any atom is 0.247 e. The highest BCUT2D eigenvalue weighted by Gasteiger charge is 2.39. The summed E-state index contributed by atoms with van der Waals surface area (Å²) in [6.45, 7) is 4.38. The Bertz CT molecular complexity index is 487. The quantitative estimate of drug-likeness (QED) is 0.847. The second-order valence-corrected chi connectivity index (χ2v) is 6.66. The molecule has 2 amide bonds. The van der Waals surface area contributed by atoms with E-state index in [9.17, 15) is 9.59 Å². The highest BCUT2D eigenvalue weighted by molar-refractivity contribution is 7.16. The molecule has 2 heterocycles. The SMILES string of the molecule is CC(C)N1C(=O)CC(NCCc2ccc(Cl)s2)C1=O. The molecule has 1 unspecified atom stereocenters. The Morgan fingerprint density at radius 3 is 2.74 bits per heavy atom. The minimum absolute atomic E-state index is 0.0668. The lowest BCUT2D eigenvalue weighted by molar-refractivity contribution is -0.140. The first kappa shape index (κ1) is 14.5. The van der Waals surface area contributed by atoms with Crippen LogP contribution in [0.5, 0.6) is 0 Å². The van der Waals surface area contributed by atoms with Crippen LogP contribution >= 0.6 is 22.9 Å². The average Bonchev–Trinajstić information content (AvgIpc) is 2.84. The third kappa shape index (κ3) is 3.35. The Kier molecular flexibility index (Phi) is 4.60. The van der Waals surface area contributed by atoms with Crippen molar-refractivity contribution < 1.29 is 9.59 Å². The highest BCUT2D eigenvalue weighted by atomic mass is 35.5. The van der Waals surface area contributed by atoms with Gasteiger partial charge in [-0.05, 0) is 32.4 Å². The predicted molar refractivity (Wildman–Crippen MR) is 76.4 cm³/mol. The molecule has 1 aromatic rings. The maximum absolute atomic E-state index is 12.0. The molecular weight excluding hydrogens is 284 g/mol. The van der Waals surface area contributed by atoms with Gasteiger partial charge >= 0.3 is 0 Å². The van der Waals surface area contributed by atoms with E-state index in [1.807, 2.05) is 26.0 Å². The lowest BCUT2D eigenvalue weighted by Crippen LogP contribution is -2.42. The molecule has 0 saturated carbocycles. The number of nitrogens with one attached hydrogen (secondary N) is 1. The normalized spacial score (nSPS) is 19.8. The lowest BCUT2D eigenvalue weighted by atomic mass is 10.2. The highest BCUT2D eigenvalue weighted by Crippen LogP contribution is 2.22. The average molecular weight is 301 g/mol. The molecule has 6 heteroatoms. The smallest absolute Gasteiger partial charge is 0.247 e. The Hall–Kier alpha value is -0.910. The lowest BCUT2D eigenvalue weighted by Gasteiger charge is -2.19. The van der Waals surface area contributed by atoms with Gasteiger partial charge in [-0.25, -0.2) is 0 Å². The first-order valence-electron chi connectivity index (χ1n) is 6.32. The van der Waals surface area contributed by atoms with Crippen molar-refractivity contribution in [1.29, 1.82) is 0 Å². The summed E-state index contributed by atoms with van der Waals surface area (Å²) in [5, 5.41) is 3.16. The molecular formula is C13H17ClN2O2S. The number of likely N-dealkylation sites (tertiary alicyclic amines) is 1. The molecule has 1 aromatic heterocycles. The molecule has 0 bridgehead atoms. The van der Waals surface area contributed by atoms with Crippen LogP contribution in [0.1, 0.15) is 25.1 Å². The summed E-state index contributed by atoms with van der Waals surface area (Å²) in [4.78, 5) is 26.3. The minimum Gasteiger partial charge on any atom is -0.305 e. The van der Waals surface area contributed by atoms with Crippen molar-refractivity contribution in [3.05, 3.63) is 21.3 Å². The molecule has 104 valence electrons. The van der Waals surface area contributed by atoms with E-state index >= 15 is 0 Å². The Morgan fingerprint density at radius 1 is 1.47 bits per heavy atom. The van der Waals surface area contributed by atoms with Crippen LogP contribution in [0.15, 0.2) is 12.1 Å². The fourth-order valence-electron chi connectivity index (χ4n) is 2.21. The van der Waals surface area contributed by atoms with Gasteiger partial charge in [0.1, 0.15) is 0 Å². The van der Waals surface area contributed by atoms with Crippen LogP contribution in [-0.2, 0) is 16.0 Å². The van der Waals surface area contributed by atoms with E-state index in [0.29, 0.717) is 6.54 Å². The van der Waals surface area contributed by atoms with Crippen LogP contribution in [0, 0.1) is 0 Å². The van der Waals surface area contributed by atoms with Gasteiger partial charge in [0, 0.05) is 17.5 Å². The van der Waals surface area contributed by atoms with Crippen molar-refractivity contribution in [2.24, 2.45) is 0 Å². The summed E-state index contributed by atoms with van der Waals surface area (Å²) in [6, 6.07) is 3.41. The summed E-state index contributed by atoms with van der Waals surface area (Å²) < 4.78 is 0.771. The Morgan fingerprint density at radius 2 is 2.21 bits per heavy atom. The molecule has 4 nitrogen and oxygen atoms in total. The Balaban J connectivity index is 1.84. The number of thiophene rings is 1. The number of carbonyl (C=O) groups is 2. The zero-order valence-electron chi connectivity index (χ0n) is 11.0. The van der Waals surface area contributed by atoms with Crippen molar-refractivity contribution in [2.75, 3.05) is 6.54 Å². The first-order valence-corrected chi connectivity index (χ1v) is 7.52. The fourth-order valence-corrected chi connectivity index (χ4v) is 3.30. The van der Waals surface area contributed by atoms with Gasteiger partial charge in [-0.15, -0.1) is 11.3 Å². The molecule has 1 saturated heterocycles. The van der Waals surface area contributed by atoms with Crippen molar-refractivity contribution in [2.45, 2.75) is 38.8 Å². The molecule has 0 aliphatic carbocycles. The number of amides is 2. The molecule has 0 radical (unpaired) electrons. The zero-order valence-corrected chi connectivity index (χ0v) is 12.6. The van der Waals surface area contributed by atoms with Crippen LogP contribution in [0.4, 0.5) is 0 Å². The van der Waals surface area contributed by atoms with E-state index in [0.717, 1.165) is 10.8 Å². The number of nitrogens with zero attached hydrogens (tertiary/aromatic N) is 1. The molecule has 1 fully saturated rings. The minimum atomic E-state index is -0.370. The molecule has 2 rings (SSSR count). The van der Waals surface area contributed by atoms with Crippen molar-refractivity contribution in [3.63, 3.8) is 0 Å². The van der Waals surface area contributed by atoms with Crippen molar-refractivity contribution in [3.8, 4) is 0 Å². The molecule has 1 N–H and O–H groups in total. The number of hydrogen-bond donors (Lipinski definition) is 1. The van der Waals surface area contributed by atoms with E-state index in [1.54, 1.807) is 11.3 Å². The summed E-state index contributed by atoms with van der Waals surface area (Å²) in [5.74, 6) is -0.194. The van der Waals surface area contributed by atoms with E-state index < -0.39 is 0 Å². The fraction of sp³-hybridized carbons (Fsp3) is 0.538. The second-order valence-electron chi connectivity index (χ2n) is 4.86. The summed E-state index contributed by atoms with van der Waals surface area (Å²) >= 11 is 7.40. The van der Waals surface area contributed by atoms with E-state index in [2.05, 4.69) is 5.32 Å². The molecule has 19 heavy (non-hydrogen) atoms. The van der Waals surface area contributed by atoms with Crippen molar-refractivity contribution in [1.82, 2.24) is 10.2 Å². The molecule has 1 aliphatic rings. The largest absolute Gasteiger partial charge is 0.305 e. The summed E-state index contributed by atoms with van der Waals surface area (Å²) in [6.07, 6.45) is 1.08. The molecule has 0 spiro atoms. The topological polar surface area (TPSA) is 49.4 Å². The second kappa shape index (κ2) is 6.03. The van der Waals surface area contributed by atoms with Crippen LogP contribution in [0.3, 0.4) is 0 Å². The van der Waals surface area contributed by atoms with Gasteiger partial charge in [-0.3, -0.25) is 14.5 Å². The number of halogens is 1. The molecule has 0 aromatic carbocycles. The summed E-state index contributed by atoms with van der Waals surface area (Å²) in [7, 11) is 0. The van der Waals surface area contributed by atoms with Gasteiger partial charge in [0.15, 0.2) is 0 Å². The van der Waals surface area contributed by atoms with Crippen LogP contribution in [-0.4, -0.2) is 35.3 Å². The number of imide groups is 1. The molecule has 1 atom stereocenters. The standard InChI is InChI=1S/C13H17ClN2O2S/c1-8(2)16-12(17)7-10(13(16)18)15-6-5-9-3-4-11(14)19-9/h3-4,8,10,15H,5-7H2,1-2H3. The zero-order chi connectivity index (χ0) is 14.0. The van der Waals surface area contributed by atoms with Crippen LogP contribution in [0.2, 0.25) is 4.34 Å². The van der Waals surface area contributed by atoms with Gasteiger partial charge < -0.3 is 5.32 Å². The summed E-state index contributed by atoms with van der Waals surface area (Å²) in [5.41, 5.74) is 0. The number of hydrogen-bond acceptors (Lipinski definition) is 4. The Labute approximate surface area is 121 Å². The van der Waals surface area contributed by atoms with Gasteiger partial charge in [0.2, 0.25) is 11.8 Å². The van der Waals surface area contributed by atoms with Gasteiger partial charge in [-0.1, -0.05) is 11.6 Å². The van der Waals surface area contributed by atoms with E-state index in [1.165, 1.54) is 9.78 Å². The predicted octanol–water partition coefficient (Wildman–Crippen LogP) is 2.07. The van der Waals surface area contributed by atoms with Crippen molar-refractivity contribution >= 4 is 34.8 Å². The third-order valence-corrected chi connectivity index (χ3v) is 4.38. The van der Waals surface area contributed by atoms with E-state index in [4.69, 9.17) is 11.6 Å². The van der Waals surface area contributed by atoms with E-state index in [-0.39, 0.29) is 30.3 Å². The number of carbonyl (C=O) groups excluding carboxylic acids is 2.